The lowest BCUT2D eigenvalue weighted by Crippen LogP contribution is -2.35. The number of anilines is 1. The zero-order chi connectivity index (χ0) is 22.1. The van der Waals surface area contributed by atoms with E-state index in [1.807, 2.05) is 54.3 Å². The van der Waals surface area contributed by atoms with Crippen molar-refractivity contribution in [2.24, 2.45) is 4.99 Å². The normalized spacial score (nSPS) is 13.7. The molecule has 8 heteroatoms. The predicted octanol–water partition coefficient (Wildman–Crippen LogP) is 4.53. The number of likely N-dealkylation sites (tertiary alicyclic amines) is 1. The number of hydrogen-bond donors (Lipinski definition) is 2. The zero-order valence-electron chi connectivity index (χ0n) is 19.0. The molecule has 0 bridgehead atoms. The number of piperidine rings is 1. The van der Waals surface area contributed by atoms with Crippen LogP contribution in [0.3, 0.4) is 0 Å². The van der Waals surface area contributed by atoms with Crippen LogP contribution in [0.1, 0.15) is 42.1 Å². The molecule has 1 aliphatic heterocycles. The summed E-state index contributed by atoms with van der Waals surface area (Å²) in [5, 5.41) is 6.56. The van der Waals surface area contributed by atoms with Crippen LogP contribution in [-0.4, -0.2) is 50.6 Å². The van der Waals surface area contributed by atoms with Gasteiger partial charge >= 0.3 is 0 Å². The van der Waals surface area contributed by atoms with Crippen LogP contribution >= 0.6 is 24.0 Å². The van der Waals surface area contributed by atoms with Gasteiger partial charge < -0.3 is 25.0 Å². The number of halogens is 1. The molecule has 0 spiro atoms. The molecule has 1 saturated heterocycles. The van der Waals surface area contributed by atoms with Gasteiger partial charge in [-0.15, -0.1) is 24.0 Å². The predicted molar refractivity (Wildman–Crippen MR) is 140 cm³/mol. The summed E-state index contributed by atoms with van der Waals surface area (Å²) in [6, 6.07) is 13.4. The van der Waals surface area contributed by atoms with Crippen LogP contribution in [-0.2, 0) is 6.54 Å². The molecule has 2 aromatic carbocycles. The molecule has 3 rings (SSSR count). The summed E-state index contributed by atoms with van der Waals surface area (Å²) in [7, 11) is 3.34. The maximum Gasteiger partial charge on any atom is 0.253 e. The van der Waals surface area contributed by atoms with E-state index in [0.717, 1.165) is 42.7 Å². The molecule has 7 nitrogen and oxygen atoms in total. The number of rotatable bonds is 7. The lowest BCUT2D eigenvalue weighted by Gasteiger charge is -2.26. The van der Waals surface area contributed by atoms with E-state index in [0.29, 0.717) is 30.6 Å². The Kier molecular flexibility index (Phi) is 10.6. The van der Waals surface area contributed by atoms with E-state index in [4.69, 9.17) is 9.47 Å². The Balaban J connectivity index is 0.00000363. The van der Waals surface area contributed by atoms with Crippen molar-refractivity contribution in [3.05, 3.63) is 53.6 Å². The molecule has 0 aliphatic carbocycles. The van der Waals surface area contributed by atoms with Gasteiger partial charge in [0.05, 0.1) is 13.7 Å². The molecule has 0 atom stereocenters. The summed E-state index contributed by atoms with van der Waals surface area (Å²) in [6.45, 7) is 4.76. The van der Waals surface area contributed by atoms with Crippen molar-refractivity contribution in [2.75, 3.05) is 39.2 Å². The highest BCUT2D eigenvalue weighted by Gasteiger charge is 2.18. The van der Waals surface area contributed by atoms with E-state index in [2.05, 4.69) is 15.6 Å². The number of carbonyl (C=O) groups excluding carboxylic acids is 1. The maximum atomic E-state index is 12.8. The number of hydrogen-bond acceptors (Lipinski definition) is 4. The van der Waals surface area contributed by atoms with Gasteiger partial charge in [-0.25, -0.2) is 0 Å². The largest absolute Gasteiger partial charge is 0.493 e. The molecule has 0 saturated carbocycles. The van der Waals surface area contributed by atoms with Crippen molar-refractivity contribution >= 4 is 41.5 Å². The number of ether oxygens (including phenoxy) is 2. The Morgan fingerprint density at radius 3 is 2.56 bits per heavy atom. The summed E-state index contributed by atoms with van der Waals surface area (Å²) in [5.74, 6) is 2.10. The Bertz CT molecular complexity index is 914. The summed E-state index contributed by atoms with van der Waals surface area (Å²) < 4.78 is 11.0. The molecule has 0 radical (unpaired) electrons. The van der Waals surface area contributed by atoms with Crippen LogP contribution in [0, 0.1) is 0 Å². The zero-order valence-corrected chi connectivity index (χ0v) is 21.3. The van der Waals surface area contributed by atoms with Crippen molar-refractivity contribution in [3.8, 4) is 11.5 Å². The van der Waals surface area contributed by atoms with Crippen LogP contribution in [0.2, 0.25) is 0 Å². The van der Waals surface area contributed by atoms with Crippen molar-refractivity contribution in [2.45, 2.75) is 32.7 Å². The third kappa shape index (κ3) is 7.01. The van der Waals surface area contributed by atoms with E-state index >= 15 is 0 Å². The summed E-state index contributed by atoms with van der Waals surface area (Å²) in [6.07, 6.45) is 3.39. The minimum atomic E-state index is 0. The number of methoxy groups -OCH3 is 1. The first-order valence-corrected chi connectivity index (χ1v) is 10.8. The summed E-state index contributed by atoms with van der Waals surface area (Å²) >= 11 is 0. The second-order valence-electron chi connectivity index (χ2n) is 7.40. The fraction of sp³-hybridized carbons (Fsp3) is 0.417. The van der Waals surface area contributed by atoms with Gasteiger partial charge in [0.2, 0.25) is 0 Å². The average molecular weight is 552 g/mol. The monoisotopic (exact) mass is 552 g/mol. The van der Waals surface area contributed by atoms with Crippen LogP contribution in [0.15, 0.2) is 47.5 Å². The van der Waals surface area contributed by atoms with E-state index in [1.165, 1.54) is 6.42 Å². The molecular weight excluding hydrogens is 519 g/mol. The third-order valence-electron chi connectivity index (χ3n) is 5.23. The molecule has 0 unspecified atom stereocenters. The molecule has 1 amide bonds. The van der Waals surface area contributed by atoms with Gasteiger partial charge in [-0.05, 0) is 56.0 Å². The Morgan fingerprint density at radius 1 is 1.09 bits per heavy atom. The van der Waals surface area contributed by atoms with Crippen LogP contribution in [0.5, 0.6) is 11.5 Å². The fourth-order valence-electron chi connectivity index (χ4n) is 3.62. The number of nitrogens with one attached hydrogen (secondary N) is 2. The second kappa shape index (κ2) is 13.1. The Hall–Kier alpha value is -2.49. The number of nitrogens with zero attached hydrogens (tertiary/aromatic N) is 2. The van der Waals surface area contributed by atoms with Crippen LogP contribution in [0.25, 0.3) is 0 Å². The van der Waals surface area contributed by atoms with Crippen molar-refractivity contribution in [3.63, 3.8) is 0 Å². The lowest BCUT2D eigenvalue weighted by molar-refractivity contribution is 0.0724. The van der Waals surface area contributed by atoms with Crippen LogP contribution in [0.4, 0.5) is 5.69 Å². The fourth-order valence-corrected chi connectivity index (χ4v) is 3.62. The minimum Gasteiger partial charge on any atom is -0.493 e. The highest BCUT2D eigenvalue weighted by molar-refractivity contribution is 14.0. The van der Waals surface area contributed by atoms with Gasteiger partial charge in [-0.1, -0.05) is 12.1 Å². The van der Waals surface area contributed by atoms with E-state index < -0.39 is 0 Å². The Labute approximate surface area is 207 Å². The van der Waals surface area contributed by atoms with Gasteiger partial charge in [0.25, 0.3) is 5.91 Å². The van der Waals surface area contributed by atoms with Gasteiger partial charge in [-0.3, -0.25) is 9.79 Å². The SMILES string of the molecule is CCOc1ccc(NC(=NC)NCc2cccc(C(=O)N3CCCCC3)c2)cc1OC.I. The number of carbonyl (C=O) groups is 1. The van der Waals surface area contributed by atoms with Crippen LogP contribution < -0.4 is 20.1 Å². The van der Waals surface area contributed by atoms with Gasteiger partial charge in [0, 0.05) is 44.0 Å². The molecule has 0 aromatic heterocycles. The highest BCUT2D eigenvalue weighted by Crippen LogP contribution is 2.30. The number of amides is 1. The maximum absolute atomic E-state index is 12.8. The molecule has 2 N–H and O–H groups in total. The van der Waals surface area contributed by atoms with Crippen molar-refractivity contribution in [1.82, 2.24) is 10.2 Å². The summed E-state index contributed by atoms with van der Waals surface area (Å²) in [4.78, 5) is 19.0. The van der Waals surface area contributed by atoms with Gasteiger partial charge in [0.15, 0.2) is 17.5 Å². The summed E-state index contributed by atoms with van der Waals surface area (Å²) in [5.41, 5.74) is 2.60. The van der Waals surface area contributed by atoms with Gasteiger partial charge in [-0.2, -0.15) is 0 Å². The van der Waals surface area contributed by atoms with Gasteiger partial charge in [0.1, 0.15) is 0 Å². The molecule has 1 heterocycles. The van der Waals surface area contributed by atoms with E-state index in [-0.39, 0.29) is 29.9 Å². The molecule has 1 fully saturated rings. The quantitative estimate of drug-likeness (QED) is 0.300. The first-order chi connectivity index (χ1) is 15.1. The highest BCUT2D eigenvalue weighted by atomic mass is 127. The molecule has 174 valence electrons. The first kappa shape index (κ1) is 25.8. The van der Waals surface area contributed by atoms with E-state index in [9.17, 15) is 4.79 Å². The van der Waals surface area contributed by atoms with Crippen molar-refractivity contribution < 1.29 is 14.3 Å². The smallest absolute Gasteiger partial charge is 0.253 e. The molecule has 32 heavy (non-hydrogen) atoms. The minimum absolute atomic E-state index is 0. The Morgan fingerprint density at radius 2 is 1.88 bits per heavy atom. The number of guanidine groups is 1. The third-order valence-corrected chi connectivity index (χ3v) is 5.23. The number of aliphatic imine (C=N–C) groups is 1. The average Bonchev–Trinajstić information content (AvgIpc) is 2.83. The second-order valence-corrected chi connectivity index (χ2v) is 7.40. The standard InChI is InChI=1S/C24H32N4O3.HI/c1-4-31-21-12-11-20(16-22(21)30-3)27-24(25-2)26-17-18-9-8-10-19(15-18)23(29)28-13-6-5-7-14-28;/h8-12,15-16H,4-7,13-14,17H2,1-3H3,(H2,25,26,27);1H. The molecule has 1 aliphatic rings. The lowest BCUT2D eigenvalue weighted by atomic mass is 10.1. The topological polar surface area (TPSA) is 75.2 Å². The molecular formula is C24H33IN4O3. The van der Waals surface area contributed by atoms with Crippen molar-refractivity contribution in [1.29, 1.82) is 0 Å². The molecule has 2 aromatic rings. The first-order valence-electron chi connectivity index (χ1n) is 10.8. The van der Waals surface area contributed by atoms with E-state index in [1.54, 1.807) is 14.2 Å². The number of benzene rings is 2.